The molecule has 102 valence electrons. The van der Waals surface area contributed by atoms with Crippen LogP contribution in [0.1, 0.15) is 56.0 Å². The summed E-state index contributed by atoms with van der Waals surface area (Å²) in [6.45, 7) is 5.82. The molecule has 0 N–H and O–H groups in total. The lowest BCUT2D eigenvalue weighted by Crippen LogP contribution is -2.10. The molecule has 0 radical (unpaired) electrons. The third-order valence-electron chi connectivity index (χ3n) is 3.44. The molecule has 0 aliphatic carbocycles. The maximum Gasteiger partial charge on any atom is 0.130 e. The van der Waals surface area contributed by atoms with Gasteiger partial charge in [0.15, 0.2) is 0 Å². The van der Waals surface area contributed by atoms with Crippen molar-refractivity contribution in [3.8, 4) is 0 Å². The summed E-state index contributed by atoms with van der Waals surface area (Å²) in [6, 6.07) is 2.48. The summed E-state index contributed by atoms with van der Waals surface area (Å²) in [4.78, 5) is 0. The maximum atomic E-state index is 13.8. The molecule has 0 aliphatic rings. The summed E-state index contributed by atoms with van der Waals surface area (Å²) in [6.07, 6.45) is 4.08. The average molecular weight is 275 g/mol. The highest BCUT2D eigenvalue weighted by Crippen LogP contribution is 2.36. The molecule has 0 spiro atoms. The molecule has 1 rings (SSSR count). The highest BCUT2D eigenvalue weighted by Gasteiger charge is 2.23. The molecule has 0 bridgehead atoms. The van der Waals surface area contributed by atoms with E-state index < -0.39 is 11.6 Å². The van der Waals surface area contributed by atoms with Gasteiger partial charge >= 0.3 is 0 Å². The predicted molar refractivity (Wildman–Crippen MR) is 73.0 cm³/mol. The van der Waals surface area contributed by atoms with E-state index in [0.29, 0.717) is 11.1 Å². The van der Waals surface area contributed by atoms with E-state index in [9.17, 15) is 8.78 Å². The minimum absolute atomic E-state index is 0.242. The van der Waals surface area contributed by atoms with Crippen LogP contribution in [-0.4, -0.2) is 0 Å². The van der Waals surface area contributed by atoms with E-state index in [1.165, 1.54) is 6.07 Å². The Hall–Kier alpha value is -0.630. The molecule has 0 saturated heterocycles. The molecule has 0 aliphatic heterocycles. The van der Waals surface area contributed by atoms with E-state index in [4.69, 9.17) is 11.6 Å². The van der Waals surface area contributed by atoms with Crippen LogP contribution in [0.15, 0.2) is 12.1 Å². The summed E-state index contributed by atoms with van der Waals surface area (Å²) in [5.41, 5.74) is 0.876. The van der Waals surface area contributed by atoms with Crippen molar-refractivity contribution in [3.05, 3.63) is 34.9 Å². The predicted octanol–water partition coefficient (Wildman–Crippen LogP) is 5.77. The minimum atomic E-state index is -0.534. The van der Waals surface area contributed by atoms with Gasteiger partial charge in [-0.15, -0.1) is 11.6 Å². The molecular formula is C15H21ClF2. The normalized spacial score (nSPS) is 14.6. The second kappa shape index (κ2) is 7.08. The van der Waals surface area contributed by atoms with E-state index in [1.54, 1.807) is 6.92 Å². The van der Waals surface area contributed by atoms with Gasteiger partial charge in [0, 0.05) is 11.6 Å². The summed E-state index contributed by atoms with van der Waals surface area (Å²) >= 11 is 6.38. The number of benzene rings is 1. The monoisotopic (exact) mass is 274 g/mol. The van der Waals surface area contributed by atoms with E-state index >= 15 is 0 Å². The van der Waals surface area contributed by atoms with Crippen molar-refractivity contribution in [2.75, 3.05) is 0 Å². The largest absolute Gasteiger partial charge is 0.207 e. The fraction of sp³-hybridized carbons (Fsp3) is 0.600. The van der Waals surface area contributed by atoms with Crippen molar-refractivity contribution >= 4 is 11.6 Å². The van der Waals surface area contributed by atoms with Crippen LogP contribution in [-0.2, 0) is 0 Å². The van der Waals surface area contributed by atoms with Crippen molar-refractivity contribution in [3.63, 3.8) is 0 Å². The Balaban J connectivity index is 2.94. The van der Waals surface area contributed by atoms with Crippen LogP contribution in [0, 0.1) is 24.5 Å². The fourth-order valence-corrected chi connectivity index (χ4v) is 2.64. The third kappa shape index (κ3) is 3.68. The van der Waals surface area contributed by atoms with Gasteiger partial charge in [0.2, 0.25) is 0 Å². The first-order valence-electron chi connectivity index (χ1n) is 6.60. The smallest absolute Gasteiger partial charge is 0.130 e. The Morgan fingerprint density at radius 3 is 2.39 bits per heavy atom. The van der Waals surface area contributed by atoms with Gasteiger partial charge in [-0.05, 0) is 30.9 Å². The zero-order valence-electron chi connectivity index (χ0n) is 11.3. The molecule has 0 aromatic heterocycles. The topological polar surface area (TPSA) is 0 Å². The number of rotatable bonds is 6. The summed E-state index contributed by atoms with van der Waals surface area (Å²) in [7, 11) is 0. The number of aryl methyl sites for hydroxylation is 1. The molecule has 18 heavy (non-hydrogen) atoms. The van der Waals surface area contributed by atoms with Gasteiger partial charge in [-0.2, -0.15) is 0 Å². The Labute approximate surface area is 113 Å². The molecule has 1 aromatic rings. The first-order valence-corrected chi connectivity index (χ1v) is 7.04. The Kier molecular flexibility index (Phi) is 6.07. The van der Waals surface area contributed by atoms with Gasteiger partial charge in [0.05, 0.1) is 5.38 Å². The molecule has 1 aromatic carbocycles. The Bertz CT molecular complexity index is 390. The molecule has 0 fully saturated rings. The molecular weight excluding hydrogens is 254 g/mol. The van der Waals surface area contributed by atoms with Gasteiger partial charge in [-0.3, -0.25) is 0 Å². The van der Waals surface area contributed by atoms with E-state index in [1.807, 2.05) is 0 Å². The first-order chi connectivity index (χ1) is 8.51. The van der Waals surface area contributed by atoms with Crippen molar-refractivity contribution in [2.45, 2.75) is 51.8 Å². The van der Waals surface area contributed by atoms with Crippen LogP contribution in [0.2, 0.25) is 0 Å². The van der Waals surface area contributed by atoms with Crippen molar-refractivity contribution < 1.29 is 8.78 Å². The highest BCUT2D eigenvalue weighted by atomic mass is 35.5. The van der Waals surface area contributed by atoms with Gasteiger partial charge < -0.3 is 0 Å². The second-order valence-electron chi connectivity index (χ2n) is 4.84. The fourth-order valence-electron chi connectivity index (χ4n) is 2.17. The molecule has 3 heteroatoms. The average Bonchev–Trinajstić information content (AvgIpc) is 2.34. The van der Waals surface area contributed by atoms with Crippen LogP contribution >= 0.6 is 11.6 Å². The number of alkyl halides is 1. The summed E-state index contributed by atoms with van der Waals surface area (Å²) in [5, 5.41) is -0.374. The molecule has 2 unspecified atom stereocenters. The molecule has 0 nitrogen and oxygen atoms in total. The van der Waals surface area contributed by atoms with Gasteiger partial charge in [0.1, 0.15) is 11.6 Å². The summed E-state index contributed by atoms with van der Waals surface area (Å²) < 4.78 is 27.0. The van der Waals surface area contributed by atoms with E-state index in [2.05, 4.69) is 13.8 Å². The van der Waals surface area contributed by atoms with E-state index in [0.717, 1.165) is 31.7 Å². The van der Waals surface area contributed by atoms with Crippen LogP contribution in [0.3, 0.4) is 0 Å². The number of hydrogen-bond donors (Lipinski definition) is 0. The molecule has 0 amide bonds. The van der Waals surface area contributed by atoms with Gasteiger partial charge in [-0.25, -0.2) is 8.78 Å². The molecule has 2 atom stereocenters. The first kappa shape index (κ1) is 15.4. The number of hydrogen-bond acceptors (Lipinski definition) is 0. The standard InChI is InChI=1S/C15H21ClF2/c1-4-6-7-11(5-2)15(16)12-8-10(3)13(17)9-14(12)18/h8-9,11,15H,4-7H2,1-3H3. The van der Waals surface area contributed by atoms with Crippen molar-refractivity contribution in [2.24, 2.45) is 5.92 Å². The van der Waals surface area contributed by atoms with Crippen LogP contribution < -0.4 is 0 Å². The number of halogens is 3. The van der Waals surface area contributed by atoms with Crippen LogP contribution in [0.4, 0.5) is 8.78 Å². The lowest BCUT2D eigenvalue weighted by Gasteiger charge is -2.22. The summed E-state index contributed by atoms with van der Waals surface area (Å²) in [5.74, 6) is -0.805. The maximum absolute atomic E-state index is 13.8. The Morgan fingerprint density at radius 2 is 1.83 bits per heavy atom. The van der Waals surface area contributed by atoms with Gasteiger partial charge in [0.25, 0.3) is 0 Å². The quantitative estimate of drug-likeness (QED) is 0.578. The Morgan fingerprint density at radius 1 is 1.17 bits per heavy atom. The van der Waals surface area contributed by atoms with Crippen molar-refractivity contribution in [1.82, 2.24) is 0 Å². The molecule has 0 heterocycles. The highest BCUT2D eigenvalue weighted by molar-refractivity contribution is 6.21. The van der Waals surface area contributed by atoms with Crippen molar-refractivity contribution in [1.29, 1.82) is 0 Å². The van der Waals surface area contributed by atoms with E-state index in [-0.39, 0.29) is 11.3 Å². The number of unbranched alkanes of at least 4 members (excludes halogenated alkanes) is 1. The third-order valence-corrected chi connectivity index (χ3v) is 4.03. The molecule has 0 saturated carbocycles. The SMILES string of the molecule is CCCCC(CC)C(Cl)c1cc(C)c(F)cc1F. The second-order valence-corrected chi connectivity index (χ2v) is 5.31. The zero-order valence-corrected chi connectivity index (χ0v) is 12.0. The van der Waals surface area contributed by atoms with Crippen LogP contribution in [0.5, 0.6) is 0 Å². The van der Waals surface area contributed by atoms with Gasteiger partial charge in [-0.1, -0.05) is 33.1 Å². The minimum Gasteiger partial charge on any atom is -0.207 e. The van der Waals surface area contributed by atoms with Crippen LogP contribution in [0.25, 0.3) is 0 Å². The zero-order chi connectivity index (χ0) is 13.7. The lowest BCUT2D eigenvalue weighted by molar-refractivity contribution is 0.426. The lowest BCUT2D eigenvalue weighted by atomic mass is 9.90.